The number of rotatable bonds is 10. The second-order valence-corrected chi connectivity index (χ2v) is 7.22. The summed E-state index contributed by atoms with van der Waals surface area (Å²) in [6, 6.07) is 8.62. The smallest absolute Gasteiger partial charge is 0.252 e. The van der Waals surface area contributed by atoms with Crippen LogP contribution in [-0.2, 0) is 0 Å². The number of hydrogen-bond donors (Lipinski definition) is 1. The van der Waals surface area contributed by atoms with Crippen molar-refractivity contribution in [1.29, 1.82) is 0 Å². The summed E-state index contributed by atoms with van der Waals surface area (Å²) in [6.45, 7) is 6.67. The van der Waals surface area contributed by atoms with E-state index in [9.17, 15) is 4.79 Å². The van der Waals surface area contributed by atoms with Gasteiger partial charge in [-0.25, -0.2) is 0 Å². The molecule has 2 rings (SSSR count). The van der Waals surface area contributed by atoms with Crippen molar-refractivity contribution in [3.05, 3.63) is 41.5 Å². The Morgan fingerprint density at radius 2 is 1.43 bits per heavy atom. The third-order valence-corrected chi connectivity index (χ3v) is 4.53. The molecule has 0 aliphatic carbocycles. The lowest BCUT2D eigenvalue weighted by atomic mass is 10.1. The van der Waals surface area contributed by atoms with E-state index in [0.29, 0.717) is 46.8 Å². The molecule has 1 unspecified atom stereocenters. The zero-order valence-electron chi connectivity index (χ0n) is 18.7. The molecule has 2 aromatic rings. The van der Waals surface area contributed by atoms with Crippen molar-refractivity contribution >= 4 is 5.91 Å². The highest BCUT2D eigenvalue weighted by molar-refractivity contribution is 5.95. The zero-order valence-corrected chi connectivity index (χ0v) is 18.7. The van der Waals surface area contributed by atoms with Gasteiger partial charge in [0.15, 0.2) is 23.0 Å². The number of carbonyl (C=O) groups excluding carboxylic acids is 1. The van der Waals surface area contributed by atoms with Crippen LogP contribution in [0.25, 0.3) is 0 Å². The van der Waals surface area contributed by atoms with Gasteiger partial charge in [-0.15, -0.1) is 0 Å². The van der Waals surface area contributed by atoms with Crippen LogP contribution in [0.3, 0.4) is 0 Å². The SMILES string of the molecule is COc1cc(C(C)NC(=O)c2cc(OC)c(OC)c(OC)c2)ccc1OCC(C)C. The average Bonchev–Trinajstić information content (AvgIpc) is 2.75. The number of amides is 1. The van der Waals surface area contributed by atoms with E-state index in [2.05, 4.69) is 19.2 Å². The lowest BCUT2D eigenvalue weighted by Gasteiger charge is -2.19. The summed E-state index contributed by atoms with van der Waals surface area (Å²) in [5.41, 5.74) is 1.30. The zero-order chi connectivity index (χ0) is 22.3. The fourth-order valence-corrected chi connectivity index (χ4v) is 2.90. The van der Waals surface area contributed by atoms with Crippen LogP contribution in [-0.4, -0.2) is 41.0 Å². The molecule has 0 aliphatic heterocycles. The van der Waals surface area contributed by atoms with E-state index >= 15 is 0 Å². The van der Waals surface area contributed by atoms with E-state index in [4.69, 9.17) is 23.7 Å². The van der Waals surface area contributed by atoms with E-state index in [0.717, 1.165) is 5.56 Å². The monoisotopic (exact) mass is 417 g/mol. The predicted octanol–water partition coefficient (Wildman–Crippen LogP) is 4.25. The van der Waals surface area contributed by atoms with Crippen LogP contribution in [0.1, 0.15) is 42.7 Å². The molecule has 0 radical (unpaired) electrons. The maximum Gasteiger partial charge on any atom is 0.252 e. The summed E-state index contributed by atoms with van der Waals surface area (Å²) >= 11 is 0. The minimum atomic E-state index is -0.263. The Labute approximate surface area is 178 Å². The summed E-state index contributed by atoms with van der Waals surface area (Å²) in [4.78, 5) is 12.8. The summed E-state index contributed by atoms with van der Waals surface area (Å²) in [5, 5.41) is 2.99. The fraction of sp³-hybridized carbons (Fsp3) is 0.435. The van der Waals surface area contributed by atoms with Crippen molar-refractivity contribution in [2.45, 2.75) is 26.8 Å². The molecule has 0 spiro atoms. The first-order valence-electron chi connectivity index (χ1n) is 9.76. The Kier molecular flexibility index (Phi) is 8.21. The minimum absolute atomic E-state index is 0.260. The molecule has 1 N–H and O–H groups in total. The predicted molar refractivity (Wildman–Crippen MR) is 115 cm³/mol. The van der Waals surface area contributed by atoms with Crippen LogP contribution in [0, 0.1) is 5.92 Å². The standard InChI is InChI=1S/C23H31NO6/c1-14(2)13-30-18-9-8-16(10-19(18)26-4)15(3)24-23(25)17-11-20(27-5)22(29-7)21(12-17)28-6/h8-12,14-15H,13H2,1-7H3,(H,24,25). The molecule has 0 aromatic heterocycles. The van der Waals surface area contributed by atoms with Crippen LogP contribution in [0.5, 0.6) is 28.7 Å². The van der Waals surface area contributed by atoms with Crippen molar-refractivity contribution in [3.8, 4) is 28.7 Å². The highest BCUT2D eigenvalue weighted by Crippen LogP contribution is 2.38. The molecule has 0 saturated carbocycles. The molecule has 0 saturated heterocycles. The average molecular weight is 418 g/mol. The number of ether oxygens (including phenoxy) is 5. The van der Waals surface area contributed by atoms with Gasteiger partial charge in [0, 0.05) is 5.56 Å². The largest absolute Gasteiger partial charge is 0.493 e. The number of benzene rings is 2. The lowest BCUT2D eigenvalue weighted by molar-refractivity contribution is 0.0939. The van der Waals surface area contributed by atoms with Gasteiger partial charge >= 0.3 is 0 Å². The Balaban J connectivity index is 2.21. The Hall–Kier alpha value is -3.09. The summed E-state index contributed by atoms with van der Waals surface area (Å²) < 4.78 is 27.2. The number of nitrogens with one attached hydrogen (secondary N) is 1. The van der Waals surface area contributed by atoms with E-state index < -0.39 is 0 Å². The maximum absolute atomic E-state index is 12.8. The molecule has 0 aliphatic rings. The van der Waals surface area contributed by atoms with Gasteiger partial charge in [0.1, 0.15) is 0 Å². The van der Waals surface area contributed by atoms with Gasteiger partial charge in [-0.2, -0.15) is 0 Å². The van der Waals surface area contributed by atoms with Gasteiger partial charge in [-0.3, -0.25) is 4.79 Å². The molecule has 0 heterocycles. The third kappa shape index (κ3) is 5.49. The van der Waals surface area contributed by atoms with E-state index in [-0.39, 0.29) is 11.9 Å². The highest BCUT2D eigenvalue weighted by Gasteiger charge is 2.19. The molecule has 7 nitrogen and oxygen atoms in total. The van der Waals surface area contributed by atoms with Gasteiger partial charge < -0.3 is 29.0 Å². The van der Waals surface area contributed by atoms with Crippen molar-refractivity contribution in [3.63, 3.8) is 0 Å². The molecular weight excluding hydrogens is 386 g/mol. The summed E-state index contributed by atoms with van der Waals surface area (Å²) in [6.07, 6.45) is 0. The molecule has 164 valence electrons. The minimum Gasteiger partial charge on any atom is -0.493 e. The van der Waals surface area contributed by atoms with Gasteiger partial charge in [0.25, 0.3) is 5.91 Å². The lowest BCUT2D eigenvalue weighted by Crippen LogP contribution is -2.26. The Morgan fingerprint density at radius 3 is 1.93 bits per heavy atom. The van der Waals surface area contributed by atoms with Gasteiger partial charge in [0.05, 0.1) is 41.1 Å². The number of methoxy groups -OCH3 is 4. The molecule has 30 heavy (non-hydrogen) atoms. The molecule has 0 bridgehead atoms. The normalized spacial score (nSPS) is 11.6. The number of hydrogen-bond acceptors (Lipinski definition) is 6. The van der Waals surface area contributed by atoms with E-state index in [1.165, 1.54) is 21.3 Å². The Morgan fingerprint density at radius 1 is 0.833 bits per heavy atom. The van der Waals surface area contributed by atoms with Crippen LogP contribution in [0.4, 0.5) is 0 Å². The first-order valence-corrected chi connectivity index (χ1v) is 9.76. The van der Waals surface area contributed by atoms with Crippen LogP contribution < -0.4 is 29.0 Å². The van der Waals surface area contributed by atoms with Crippen molar-refractivity contribution < 1.29 is 28.5 Å². The second-order valence-electron chi connectivity index (χ2n) is 7.22. The van der Waals surface area contributed by atoms with Gasteiger partial charge in [-0.05, 0) is 42.7 Å². The molecule has 1 atom stereocenters. The van der Waals surface area contributed by atoms with Crippen LogP contribution in [0.2, 0.25) is 0 Å². The fourth-order valence-electron chi connectivity index (χ4n) is 2.90. The maximum atomic E-state index is 12.8. The molecular formula is C23H31NO6. The van der Waals surface area contributed by atoms with E-state index in [1.54, 1.807) is 19.2 Å². The van der Waals surface area contributed by atoms with Crippen molar-refractivity contribution in [1.82, 2.24) is 5.32 Å². The van der Waals surface area contributed by atoms with E-state index in [1.807, 2.05) is 25.1 Å². The van der Waals surface area contributed by atoms with Gasteiger partial charge in [0.2, 0.25) is 5.75 Å². The van der Waals surface area contributed by atoms with Crippen molar-refractivity contribution in [2.75, 3.05) is 35.0 Å². The van der Waals surface area contributed by atoms with Crippen LogP contribution >= 0.6 is 0 Å². The number of carbonyl (C=O) groups is 1. The molecule has 1 amide bonds. The molecule has 0 fully saturated rings. The Bertz CT molecular complexity index is 840. The molecule has 2 aromatic carbocycles. The third-order valence-electron chi connectivity index (χ3n) is 4.53. The summed E-state index contributed by atoms with van der Waals surface area (Å²) in [5.74, 6) is 2.73. The topological polar surface area (TPSA) is 75.3 Å². The first kappa shape index (κ1) is 23.2. The first-order chi connectivity index (χ1) is 14.3. The van der Waals surface area contributed by atoms with Gasteiger partial charge in [-0.1, -0.05) is 19.9 Å². The highest BCUT2D eigenvalue weighted by atomic mass is 16.5. The van der Waals surface area contributed by atoms with Crippen molar-refractivity contribution in [2.24, 2.45) is 5.92 Å². The summed E-state index contributed by atoms with van der Waals surface area (Å²) in [7, 11) is 6.14. The molecule has 7 heteroatoms. The quantitative estimate of drug-likeness (QED) is 0.623. The van der Waals surface area contributed by atoms with Crippen LogP contribution in [0.15, 0.2) is 30.3 Å². The second kappa shape index (κ2) is 10.6.